The van der Waals surface area contributed by atoms with Gasteiger partial charge in [0.1, 0.15) is 5.75 Å². The van der Waals surface area contributed by atoms with Gasteiger partial charge < -0.3 is 14.7 Å². The Morgan fingerprint density at radius 2 is 2.27 bits per heavy atom. The number of thioether (sulfide) groups is 1. The van der Waals surface area contributed by atoms with Gasteiger partial charge in [0.2, 0.25) is 0 Å². The maximum Gasteiger partial charge on any atom is 0.305 e. The average molecular weight is 344 g/mol. The minimum absolute atomic E-state index is 0.0291. The van der Waals surface area contributed by atoms with Gasteiger partial charge in [-0.25, -0.2) is 0 Å². The number of aryl methyl sites for hydroxylation is 1. The third-order valence-electron chi connectivity index (χ3n) is 3.45. The molecule has 1 aromatic rings. The summed E-state index contributed by atoms with van der Waals surface area (Å²) in [6.07, 6.45) is -0.0291. The maximum absolute atomic E-state index is 12.3. The topological polar surface area (TPSA) is 66.8 Å². The minimum atomic E-state index is -0.889. The Morgan fingerprint density at radius 1 is 1.50 bits per heavy atom. The summed E-state index contributed by atoms with van der Waals surface area (Å²) in [4.78, 5) is 24.8. The lowest BCUT2D eigenvalue weighted by Crippen LogP contribution is -2.48. The van der Waals surface area contributed by atoms with E-state index in [0.29, 0.717) is 23.1 Å². The van der Waals surface area contributed by atoms with Crippen molar-refractivity contribution in [2.24, 2.45) is 0 Å². The van der Waals surface area contributed by atoms with Crippen LogP contribution in [0.4, 0.5) is 0 Å². The number of benzene rings is 1. The number of aliphatic carboxylic acids is 1. The molecular formula is C15H18ClNO4S. The number of carbonyl (C=O) groups is 2. The van der Waals surface area contributed by atoms with Gasteiger partial charge in [0.25, 0.3) is 5.91 Å². The molecule has 120 valence electrons. The van der Waals surface area contributed by atoms with Gasteiger partial charge in [-0.15, -0.1) is 0 Å². The number of carboxylic acids is 1. The first-order chi connectivity index (χ1) is 10.5. The molecule has 1 aliphatic heterocycles. The summed E-state index contributed by atoms with van der Waals surface area (Å²) >= 11 is 7.55. The Balaban J connectivity index is 1.96. The number of ether oxygens (including phenoxy) is 1. The summed E-state index contributed by atoms with van der Waals surface area (Å²) in [5, 5.41) is 9.56. The van der Waals surface area contributed by atoms with Crippen LogP contribution in [-0.2, 0) is 9.59 Å². The van der Waals surface area contributed by atoms with E-state index in [-0.39, 0.29) is 25.0 Å². The van der Waals surface area contributed by atoms with Crippen LogP contribution in [-0.4, -0.2) is 52.6 Å². The zero-order valence-electron chi connectivity index (χ0n) is 12.3. The molecule has 0 aromatic heterocycles. The Labute approximate surface area is 138 Å². The van der Waals surface area contributed by atoms with E-state index in [1.165, 1.54) is 0 Å². The first-order valence-corrected chi connectivity index (χ1v) is 8.48. The predicted molar refractivity (Wildman–Crippen MR) is 86.8 cm³/mol. The lowest BCUT2D eigenvalue weighted by molar-refractivity contribution is -0.141. The Hall–Kier alpha value is -1.40. The predicted octanol–water partition coefficient (Wildman–Crippen LogP) is 2.45. The maximum atomic E-state index is 12.3. The monoisotopic (exact) mass is 343 g/mol. The van der Waals surface area contributed by atoms with E-state index in [1.54, 1.807) is 34.9 Å². The van der Waals surface area contributed by atoms with Gasteiger partial charge in [-0.3, -0.25) is 9.59 Å². The van der Waals surface area contributed by atoms with Crippen LogP contribution in [0.3, 0.4) is 0 Å². The third-order valence-corrected chi connectivity index (χ3v) is 4.77. The van der Waals surface area contributed by atoms with Gasteiger partial charge in [0.05, 0.1) is 12.5 Å². The van der Waals surface area contributed by atoms with Crippen molar-refractivity contribution in [3.8, 4) is 5.75 Å². The van der Waals surface area contributed by atoms with E-state index in [1.807, 2.05) is 6.92 Å². The molecule has 0 spiro atoms. The number of hydrogen-bond acceptors (Lipinski definition) is 4. The molecule has 1 aromatic carbocycles. The van der Waals surface area contributed by atoms with Gasteiger partial charge in [-0.1, -0.05) is 11.6 Å². The van der Waals surface area contributed by atoms with Crippen LogP contribution < -0.4 is 4.74 Å². The van der Waals surface area contributed by atoms with E-state index in [9.17, 15) is 9.59 Å². The minimum Gasteiger partial charge on any atom is -0.483 e. The SMILES string of the molecule is Cc1cc(Cl)ccc1OCC(=O)N1CCSCC1CC(=O)O. The molecule has 0 bridgehead atoms. The van der Waals surface area contributed by atoms with Crippen LogP contribution in [0.5, 0.6) is 5.75 Å². The van der Waals surface area contributed by atoms with Crippen molar-refractivity contribution in [3.05, 3.63) is 28.8 Å². The van der Waals surface area contributed by atoms with E-state index in [2.05, 4.69) is 0 Å². The number of hydrogen-bond donors (Lipinski definition) is 1. The highest BCUT2D eigenvalue weighted by atomic mass is 35.5. The molecule has 1 saturated heterocycles. The first-order valence-electron chi connectivity index (χ1n) is 6.95. The molecule has 5 nitrogen and oxygen atoms in total. The highest BCUT2D eigenvalue weighted by molar-refractivity contribution is 7.99. The van der Waals surface area contributed by atoms with Crippen LogP contribution >= 0.6 is 23.4 Å². The highest BCUT2D eigenvalue weighted by Crippen LogP contribution is 2.23. The zero-order valence-corrected chi connectivity index (χ0v) is 13.8. The molecule has 1 aliphatic rings. The summed E-state index contributed by atoms with van der Waals surface area (Å²) < 4.78 is 5.56. The van der Waals surface area contributed by atoms with Gasteiger partial charge in [-0.05, 0) is 30.7 Å². The molecule has 22 heavy (non-hydrogen) atoms. The average Bonchev–Trinajstić information content (AvgIpc) is 2.46. The van der Waals surface area contributed by atoms with Gasteiger partial charge in [0.15, 0.2) is 6.61 Å². The quantitative estimate of drug-likeness (QED) is 0.889. The van der Waals surface area contributed by atoms with Crippen LogP contribution in [0.1, 0.15) is 12.0 Å². The molecule has 1 heterocycles. The Morgan fingerprint density at radius 3 is 2.95 bits per heavy atom. The Kier molecular flexibility index (Phi) is 5.97. The summed E-state index contributed by atoms with van der Waals surface area (Å²) in [6.45, 7) is 2.32. The van der Waals surface area contributed by atoms with Crippen molar-refractivity contribution in [1.82, 2.24) is 4.90 Å². The largest absolute Gasteiger partial charge is 0.483 e. The normalized spacial score (nSPS) is 18.1. The molecule has 2 rings (SSSR count). The van der Waals surface area contributed by atoms with E-state index < -0.39 is 5.97 Å². The molecule has 1 unspecified atom stereocenters. The summed E-state index contributed by atoms with van der Waals surface area (Å²) in [5.41, 5.74) is 0.858. The van der Waals surface area contributed by atoms with Gasteiger partial charge in [-0.2, -0.15) is 11.8 Å². The standard InChI is InChI=1S/C15H18ClNO4S/c1-10-6-11(16)2-3-13(10)21-8-14(18)17-4-5-22-9-12(17)7-15(19)20/h2-3,6,12H,4-5,7-9H2,1H3,(H,19,20). The molecule has 0 aliphatic carbocycles. The van der Waals surface area contributed by atoms with Crippen LogP contribution in [0.25, 0.3) is 0 Å². The van der Waals surface area contributed by atoms with E-state index in [0.717, 1.165) is 11.3 Å². The van der Waals surface area contributed by atoms with Gasteiger partial charge >= 0.3 is 5.97 Å². The molecular weight excluding hydrogens is 326 g/mol. The van der Waals surface area contributed by atoms with Crippen LogP contribution in [0.15, 0.2) is 18.2 Å². The number of halogens is 1. The second kappa shape index (κ2) is 7.74. The first kappa shape index (κ1) is 17.0. The summed E-state index contributed by atoms with van der Waals surface area (Å²) in [7, 11) is 0. The molecule has 1 fully saturated rings. The second-order valence-corrected chi connectivity index (χ2v) is 6.70. The number of amides is 1. The fourth-order valence-electron chi connectivity index (χ4n) is 2.35. The molecule has 1 N–H and O–H groups in total. The number of carboxylic acid groups (broad SMARTS) is 1. The summed E-state index contributed by atoms with van der Waals surface area (Å²) in [6, 6.07) is 4.94. The van der Waals surface area contributed by atoms with E-state index in [4.69, 9.17) is 21.4 Å². The number of nitrogens with zero attached hydrogens (tertiary/aromatic N) is 1. The summed E-state index contributed by atoms with van der Waals surface area (Å²) in [5.74, 6) is 1.01. The Bertz CT molecular complexity index is 566. The lowest BCUT2D eigenvalue weighted by atomic mass is 10.2. The number of carbonyl (C=O) groups excluding carboxylic acids is 1. The molecule has 0 saturated carbocycles. The third kappa shape index (κ3) is 4.55. The van der Waals surface area contributed by atoms with Crippen molar-refractivity contribution in [2.75, 3.05) is 24.7 Å². The van der Waals surface area contributed by atoms with E-state index >= 15 is 0 Å². The van der Waals surface area contributed by atoms with Crippen LogP contribution in [0, 0.1) is 6.92 Å². The lowest BCUT2D eigenvalue weighted by Gasteiger charge is -2.34. The smallest absolute Gasteiger partial charge is 0.305 e. The van der Waals surface area contributed by atoms with Crippen molar-refractivity contribution in [2.45, 2.75) is 19.4 Å². The van der Waals surface area contributed by atoms with Gasteiger partial charge in [0, 0.05) is 23.1 Å². The fourth-order valence-corrected chi connectivity index (χ4v) is 3.64. The fraction of sp³-hybridized carbons (Fsp3) is 0.467. The van der Waals surface area contributed by atoms with Crippen molar-refractivity contribution in [3.63, 3.8) is 0 Å². The van der Waals surface area contributed by atoms with Crippen molar-refractivity contribution in [1.29, 1.82) is 0 Å². The zero-order chi connectivity index (χ0) is 16.1. The van der Waals surface area contributed by atoms with Crippen LogP contribution in [0.2, 0.25) is 5.02 Å². The molecule has 1 atom stereocenters. The molecule has 1 amide bonds. The van der Waals surface area contributed by atoms with Crippen molar-refractivity contribution >= 4 is 35.2 Å². The molecule has 0 radical (unpaired) electrons. The molecule has 7 heteroatoms. The highest BCUT2D eigenvalue weighted by Gasteiger charge is 2.29. The van der Waals surface area contributed by atoms with Crippen molar-refractivity contribution < 1.29 is 19.4 Å². The second-order valence-electron chi connectivity index (χ2n) is 5.11. The number of rotatable bonds is 5.